The van der Waals surface area contributed by atoms with E-state index >= 15 is 0 Å². The van der Waals surface area contributed by atoms with Crippen molar-refractivity contribution in [1.29, 1.82) is 0 Å². The number of hydrogen-bond donors (Lipinski definition) is 0. The summed E-state index contributed by atoms with van der Waals surface area (Å²) in [6.45, 7) is 9.09. The Hall–Kier alpha value is -5.21. The van der Waals surface area contributed by atoms with E-state index in [-0.39, 0.29) is 33.4 Å². The highest BCUT2D eigenvalue weighted by Crippen LogP contribution is 2.40. The zero-order valence-corrected chi connectivity index (χ0v) is 46.2. The Balaban J connectivity index is 0.898. The van der Waals surface area contributed by atoms with Crippen molar-refractivity contribution in [3.05, 3.63) is 128 Å². The molecular weight excluding hydrogens is 1010 g/mol. The Bertz CT molecular complexity index is 2720. The van der Waals surface area contributed by atoms with Crippen molar-refractivity contribution in [3.63, 3.8) is 0 Å². The van der Waals surface area contributed by atoms with E-state index in [9.17, 15) is 35.9 Å². The molecule has 4 aromatic carbocycles. The molecule has 2 aromatic heterocycles. The van der Waals surface area contributed by atoms with Gasteiger partial charge in [-0.3, -0.25) is 0 Å². The Morgan fingerprint density at radius 3 is 1.24 bits per heavy atom. The van der Waals surface area contributed by atoms with Gasteiger partial charge in [0.15, 0.2) is 0 Å². The van der Waals surface area contributed by atoms with Crippen LogP contribution < -0.4 is 20.7 Å². The van der Waals surface area contributed by atoms with Gasteiger partial charge >= 0.3 is 40.7 Å². The fraction of sp³-hybridized carbons (Fsp3) is 0.483. The van der Waals surface area contributed by atoms with Gasteiger partial charge in [-0.25, -0.2) is 9.59 Å². The zero-order chi connectivity index (χ0) is 54.2. The number of hydrogen-bond acceptors (Lipinski definition) is 9. The topological polar surface area (TPSA) is 107 Å². The predicted molar refractivity (Wildman–Crippen MR) is 288 cm³/mol. The van der Waals surface area contributed by atoms with Gasteiger partial charge < -0.3 is 31.3 Å². The van der Waals surface area contributed by atoms with Crippen molar-refractivity contribution in [1.82, 2.24) is 0 Å². The second-order valence-corrected chi connectivity index (χ2v) is 26.9. The molecule has 0 saturated carbocycles. The minimum Gasteiger partial charge on any atom is -0.493 e. The second-order valence-electron chi connectivity index (χ2n) is 19.8. The third-order valence-corrected chi connectivity index (χ3v) is 21.5. The summed E-state index contributed by atoms with van der Waals surface area (Å²) in [4.78, 5) is 26.2. The number of benzene rings is 4. The van der Waals surface area contributed by atoms with E-state index < -0.39 is 51.9 Å². The molecule has 2 unspecified atom stereocenters. The van der Waals surface area contributed by atoms with Gasteiger partial charge in [-0.05, 0) is 123 Å². The lowest BCUT2D eigenvalue weighted by molar-refractivity contribution is -0.138. The predicted octanol–water partition coefficient (Wildman–Crippen LogP) is 16.8. The minimum absolute atomic E-state index is 0.140. The van der Waals surface area contributed by atoms with Crippen LogP contribution in [0.2, 0.25) is 25.2 Å². The Kier molecular flexibility index (Phi) is 21.4. The number of aryl methyl sites for hydroxylation is 2. The highest BCUT2D eigenvalue weighted by molar-refractivity contribution is 6.80. The molecule has 6 aromatic rings. The van der Waals surface area contributed by atoms with Crippen LogP contribution in [-0.2, 0) is 38.2 Å². The lowest BCUT2D eigenvalue weighted by atomic mass is 9.95. The van der Waals surface area contributed by atoms with Crippen LogP contribution in [0.4, 0.5) is 26.3 Å². The van der Waals surface area contributed by atoms with Crippen LogP contribution in [-0.4, -0.2) is 44.6 Å². The van der Waals surface area contributed by atoms with Crippen LogP contribution in [0.15, 0.2) is 103 Å². The van der Waals surface area contributed by atoms with E-state index in [2.05, 4.69) is 13.1 Å². The van der Waals surface area contributed by atoms with Gasteiger partial charge in [0.25, 0.3) is 0 Å². The molecule has 408 valence electrons. The number of halogens is 6. The van der Waals surface area contributed by atoms with Gasteiger partial charge in [0, 0.05) is 48.3 Å². The van der Waals surface area contributed by atoms with Gasteiger partial charge in [0.05, 0.1) is 35.5 Å². The SMILES string of the molecule is CCCCCc1ccc(-c2cc3ccc(OCCCCCC[Si](C)(OC)O[Si](C)(CCCCCCOc4ccc5cc(-c6ccc(CCCCC)cc6C(F)(F)F)c(=O)oc5c4)OC)cc3oc2=O)c(C(F)(F)F)c1. The van der Waals surface area contributed by atoms with E-state index in [0.29, 0.717) is 59.5 Å². The second kappa shape index (κ2) is 27.2. The van der Waals surface area contributed by atoms with E-state index in [4.69, 9.17) is 31.3 Å². The molecule has 2 heterocycles. The normalized spacial score (nSPS) is 13.8. The van der Waals surface area contributed by atoms with Crippen LogP contribution in [0.1, 0.15) is 126 Å². The molecule has 0 aliphatic carbocycles. The first-order valence-corrected chi connectivity index (χ1v) is 31.5. The lowest BCUT2D eigenvalue weighted by Crippen LogP contribution is -2.51. The average Bonchev–Trinajstić information content (AvgIpc) is 3.37. The van der Waals surface area contributed by atoms with Gasteiger partial charge in [0.2, 0.25) is 0 Å². The summed E-state index contributed by atoms with van der Waals surface area (Å²) in [7, 11) is -1.68. The standard InChI is InChI=1S/C58H72F6O9Si2/c1-7-9-15-21-41-23-29-47(51(35-41)57(59,60)61)49-37-43-25-27-45(39-53(43)71-55(49)65)69-31-17-11-13-19-33-74(5,67-3)73-75(6,68-4)34-20-14-12-18-32-70-46-28-26-44-38-50(56(66)72-54(44)40-46)48-30-24-42(22-16-10-8-2)36-52(48)58(62,63)64/h23-30,35-40H,7-22,31-34H2,1-6H3. The first-order valence-electron chi connectivity index (χ1n) is 26.4. The van der Waals surface area contributed by atoms with E-state index in [1.54, 1.807) is 62.8 Å². The van der Waals surface area contributed by atoms with E-state index in [1.165, 1.54) is 24.3 Å². The van der Waals surface area contributed by atoms with Crippen LogP contribution in [0.25, 0.3) is 44.2 Å². The third kappa shape index (κ3) is 16.9. The minimum atomic E-state index is -4.64. The number of alkyl halides is 6. The Labute approximate surface area is 438 Å². The van der Waals surface area contributed by atoms with E-state index in [0.717, 1.165) is 114 Å². The molecule has 6 rings (SSSR count). The average molecular weight is 1080 g/mol. The first kappa shape index (κ1) is 59.0. The number of rotatable bonds is 30. The highest BCUT2D eigenvalue weighted by Gasteiger charge is 2.41. The molecule has 0 radical (unpaired) electrons. The lowest BCUT2D eigenvalue weighted by Gasteiger charge is -2.35. The summed E-state index contributed by atoms with van der Waals surface area (Å²) in [5.41, 5.74) is -2.44. The van der Waals surface area contributed by atoms with Crippen LogP contribution in [0.5, 0.6) is 11.5 Å². The summed E-state index contributed by atoms with van der Waals surface area (Å²) in [5.74, 6) is 0.996. The molecule has 0 spiro atoms. The fourth-order valence-corrected chi connectivity index (χ4v) is 16.7. The maximum Gasteiger partial charge on any atom is 0.417 e. The zero-order valence-electron chi connectivity index (χ0n) is 44.2. The smallest absolute Gasteiger partial charge is 0.417 e. The van der Waals surface area contributed by atoms with Crippen molar-refractivity contribution in [3.8, 4) is 33.8 Å². The quantitative estimate of drug-likeness (QED) is 0.0189. The molecule has 0 aliphatic heterocycles. The van der Waals surface area contributed by atoms with E-state index in [1.807, 2.05) is 13.8 Å². The summed E-state index contributed by atoms with van der Waals surface area (Å²) in [6.07, 6.45) is 4.22. The highest BCUT2D eigenvalue weighted by atomic mass is 28.5. The molecule has 0 amide bonds. The largest absolute Gasteiger partial charge is 0.493 e. The van der Waals surface area contributed by atoms with Crippen LogP contribution in [0.3, 0.4) is 0 Å². The Morgan fingerprint density at radius 2 is 0.867 bits per heavy atom. The molecule has 0 aliphatic rings. The number of unbranched alkanes of at least 4 members (excludes halogenated alkanes) is 10. The molecule has 75 heavy (non-hydrogen) atoms. The third-order valence-electron chi connectivity index (χ3n) is 13.8. The number of fused-ring (bicyclic) bond motifs is 2. The van der Waals surface area contributed by atoms with Crippen molar-refractivity contribution in [2.75, 3.05) is 27.4 Å². The Morgan fingerprint density at radius 1 is 0.467 bits per heavy atom. The fourth-order valence-electron chi connectivity index (χ4n) is 9.36. The van der Waals surface area contributed by atoms with Crippen LogP contribution in [0, 0.1) is 0 Å². The molecule has 2 atom stereocenters. The molecule has 0 bridgehead atoms. The molecule has 0 N–H and O–H groups in total. The van der Waals surface area contributed by atoms with Gasteiger partial charge in [0.1, 0.15) is 22.7 Å². The van der Waals surface area contributed by atoms with Gasteiger partial charge in [-0.2, -0.15) is 26.3 Å². The maximum atomic E-state index is 14.2. The van der Waals surface area contributed by atoms with Gasteiger partial charge in [-0.15, -0.1) is 0 Å². The molecule has 0 fully saturated rings. The number of ether oxygens (including phenoxy) is 2. The molecule has 0 saturated heterocycles. The first-order chi connectivity index (χ1) is 35.8. The monoisotopic (exact) mass is 1080 g/mol. The van der Waals surface area contributed by atoms with Crippen LogP contribution >= 0.6 is 0 Å². The summed E-state index contributed by atoms with van der Waals surface area (Å²) < 4.78 is 127. The molecule has 9 nitrogen and oxygen atoms in total. The van der Waals surface area contributed by atoms with Crippen molar-refractivity contribution >= 4 is 39.1 Å². The van der Waals surface area contributed by atoms with Crippen molar-refractivity contribution < 1.29 is 57.6 Å². The van der Waals surface area contributed by atoms with Crippen molar-refractivity contribution in [2.45, 2.75) is 154 Å². The summed E-state index contributed by atoms with van der Waals surface area (Å²) >= 11 is 0. The molecular formula is C58H72F6O9Si2. The van der Waals surface area contributed by atoms with Gasteiger partial charge in [-0.1, -0.05) is 102 Å². The molecule has 17 heteroatoms. The maximum absolute atomic E-state index is 14.2. The van der Waals surface area contributed by atoms with Crippen molar-refractivity contribution in [2.24, 2.45) is 0 Å². The summed E-state index contributed by atoms with van der Waals surface area (Å²) in [6, 6.07) is 22.8. The summed E-state index contributed by atoms with van der Waals surface area (Å²) in [5, 5.41) is 0.981.